The van der Waals surface area contributed by atoms with Gasteiger partial charge in [-0.1, -0.05) is 0 Å². The van der Waals surface area contributed by atoms with Crippen LogP contribution in [0.1, 0.15) is 30.9 Å². The molecule has 0 aliphatic carbocycles. The first-order chi connectivity index (χ1) is 8.97. The Morgan fingerprint density at radius 2 is 2.16 bits per heavy atom. The summed E-state index contributed by atoms with van der Waals surface area (Å²) in [6.45, 7) is 3.94. The van der Waals surface area contributed by atoms with E-state index in [-0.39, 0.29) is 12.4 Å². The highest BCUT2D eigenvalue weighted by atomic mass is 16.5. The van der Waals surface area contributed by atoms with Crippen LogP contribution in [0.5, 0.6) is 11.5 Å². The van der Waals surface area contributed by atoms with Gasteiger partial charge in [-0.15, -0.1) is 0 Å². The van der Waals surface area contributed by atoms with Gasteiger partial charge in [0.2, 0.25) is 0 Å². The van der Waals surface area contributed by atoms with Crippen LogP contribution in [0.2, 0.25) is 0 Å². The van der Waals surface area contributed by atoms with Crippen molar-refractivity contribution < 1.29 is 19.0 Å². The molecule has 1 atom stereocenters. The van der Waals surface area contributed by atoms with E-state index in [1.54, 1.807) is 7.11 Å². The summed E-state index contributed by atoms with van der Waals surface area (Å²) < 4.78 is 16.2. The molecule has 1 aromatic carbocycles. The number of fused-ring (bicyclic) bond motifs is 1. The van der Waals surface area contributed by atoms with Gasteiger partial charge in [-0.25, -0.2) is 0 Å². The molecule has 1 aliphatic rings. The van der Waals surface area contributed by atoms with Gasteiger partial charge >= 0.3 is 5.97 Å². The van der Waals surface area contributed by atoms with Crippen molar-refractivity contribution in [1.82, 2.24) is 0 Å². The largest absolute Gasteiger partial charge is 0.496 e. The lowest BCUT2D eigenvalue weighted by molar-refractivity contribution is -0.145. The number of aryl methyl sites for hydroxylation is 1. The molecule has 19 heavy (non-hydrogen) atoms. The standard InChI is InChI=1S/C15H20O4/c1-10-7-12(17-3)11-5-6-15(2,9-14(16)18-4)19-13(11)8-10/h7-8H,5-6,9H2,1-4H3/t15-/m1/s1. The van der Waals surface area contributed by atoms with E-state index in [1.807, 2.05) is 26.0 Å². The Hall–Kier alpha value is -1.71. The zero-order chi connectivity index (χ0) is 14.0. The number of methoxy groups -OCH3 is 2. The molecule has 1 heterocycles. The molecule has 1 aromatic rings. The van der Waals surface area contributed by atoms with Crippen molar-refractivity contribution in [3.8, 4) is 11.5 Å². The molecule has 2 rings (SSSR count). The monoisotopic (exact) mass is 264 g/mol. The van der Waals surface area contributed by atoms with Crippen LogP contribution in [-0.4, -0.2) is 25.8 Å². The molecule has 0 unspecified atom stereocenters. The summed E-state index contributed by atoms with van der Waals surface area (Å²) in [5, 5.41) is 0. The van der Waals surface area contributed by atoms with E-state index in [0.717, 1.165) is 35.5 Å². The summed E-state index contributed by atoms with van der Waals surface area (Å²) >= 11 is 0. The summed E-state index contributed by atoms with van der Waals surface area (Å²) in [5.74, 6) is 1.43. The van der Waals surface area contributed by atoms with Crippen LogP contribution in [0, 0.1) is 6.92 Å². The van der Waals surface area contributed by atoms with Gasteiger partial charge in [0.05, 0.1) is 20.6 Å². The lowest BCUT2D eigenvalue weighted by Gasteiger charge is -2.35. The van der Waals surface area contributed by atoms with E-state index in [4.69, 9.17) is 14.2 Å². The average Bonchev–Trinajstić information content (AvgIpc) is 2.36. The van der Waals surface area contributed by atoms with Gasteiger partial charge in [-0.2, -0.15) is 0 Å². The van der Waals surface area contributed by atoms with Crippen molar-refractivity contribution in [2.75, 3.05) is 14.2 Å². The second-order valence-corrected chi connectivity index (χ2v) is 5.25. The molecule has 0 spiro atoms. The number of carbonyl (C=O) groups is 1. The van der Waals surface area contributed by atoms with Gasteiger partial charge in [0.1, 0.15) is 17.1 Å². The Balaban J connectivity index is 2.28. The van der Waals surface area contributed by atoms with Crippen LogP contribution < -0.4 is 9.47 Å². The first kappa shape index (κ1) is 13.7. The van der Waals surface area contributed by atoms with Crippen molar-refractivity contribution in [3.63, 3.8) is 0 Å². The molecule has 0 aromatic heterocycles. The third-order valence-electron chi connectivity index (χ3n) is 3.54. The zero-order valence-corrected chi connectivity index (χ0v) is 11.9. The molecule has 0 bridgehead atoms. The second kappa shape index (κ2) is 5.11. The maximum atomic E-state index is 11.5. The maximum Gasteiger partial charge on any atom is 0.309 e. The van der Waals surface area contributed by atoms with Crippen LogP contribution in [-0.2, 0) is 16.0 Å². The van der Waals surface area contributed by atoms with Crippen molar-refractivity contribution in [2.24, 2.45) is 0 Å². The number of hydrogen-bond acceptors (Lipinski definition) is 4. The van der Waals surface area contributed by atoms with E-state index >= 15 is 0 Å². The first-order valence-corrected chi connectivity index (χ1v) is 6.41. The summed E-state index contributed by atoms with van der Waals surface area (Å²) in [6.07, 6.45) is 1.87. The Bertz CT molecular complexity index is 495. The predicted octanol–water partition coefficient (Wildman–Crippen LogP) is 2.65. The summed E-state index contributed by atoms with van der Waals surface area (Å²) in [7, 11) is 3.06. The molecule has 0 fully saturated rings. The molecule has 4 nitrogen and oxygen atoms in total. The molecule has 0 saturated carbocycles. The fourth-order valence-corrected chi connectivity index (χ4v) is 2.48. The minimum absolute atomic E-state index is 0.245. The smallest absolute Gasteiger partial charge is 0.309 e. The summed E-state index contributed by atoms with van der Waals surface area (Å²) in [4.78, 5) is 11.5. The van der Waals surface area contributed by atoms with E-state index in [1.165, 1.54) is 7.11 Å². The fourth-order valence-electron chi connectivity index (χ4n) is 2.48. The van der Waals surface area contributed by atoms with Gasteiger partial charge in [0.15, 0.2) is 0 Å². The summed E-state index contributed by atoms with van der Waals surface area (Å²) in [5.41, 5.74) is 1.66. The van der Waals surface area contributed by atoms with Gasteiger partial charge in [0, 0.05) is 5.56 Å². The lowest BCUT2D eigenvalue weighted by atomic mass is 9.89. The second-order valence-electron chi connectivity index (χ2n) is 5.25. The SMILES string of the molecule is COC(=O)C[C@@]1(C)CCc2c(OC)cc(C)cc2O1. The van der Waals surface area contributed by atoms with Crippen LogP contribution in [0.25, 0.3) is 0 Å². The van der Waals surface area contributed by atoms with Gasteiger partial charge < -0.3 is 14.2 Å². The Kier molecular flexibility index (Phi) is 3.69. The number of rotatable bonds is 3. The molecule has 0 amide bonds. The highest BCUT2D eigenvalue weighted by Crippen LogP contribution is 2.40. The highest BCUT2D eigenvalue weighted by molar-refractivity contribution is 5.70. The van der Waals surface area contributed by atoms with Crippen molar-refractivity contribution in [1.29, 1.82) is 0 Å². The lowest BCUT2D eigenvalue weighted by Crippen LogP contribution is -2.39. The number of carbonyl (C=O) groups excluding carboxylic acids is 1. The van der Waals surface area contributed by atoms with E-state index in [0.29, 0.717) is 0 Å². The van der Waals surface area contributed by atoms with Gasteiger partial charge in [-0.3, -0.25) is 4.79 Å². The van der Waals surface area contributed by atoms with Crippen molar-refractivity contribution in [3.05, 3.63) is 23.3 Å². The summed E-state index contributed by atoms with van der Waals surface area (Å²) in [6, 6.07) is 4.00. The molecule has 4 heteroatoms. The normalized spacial score (nSPS) is 21.3. The van der Waals surface area contributed by atoms with Gasteiger partial charge in [0.25, 0.3) is 0 Å². The van der Waals surface area contributed by atoms with E-state index < -0.39 is 5.60 Å². The first-order valence-electron chi connectivity index (χ1n) is 6.41. The number of benzene rings is 1. The minimum Gasteiger partial charge on any atom is -0.496 e. The highest BCUT2D eigenvalue weighted by Gasteiger charge is 2.35. The molecule has 104 valence electrons. The van der Waals surface area contributed by atoms with E-state index in [9.17, 15) is 4.79 Å². The third kappa shape index (κ3) is 2.83. The predicted molar refractivity (Wildman–Crippen MR) is 71.7 cm³/mol. The number of esters is 1. The zero-order valence-electron chi connectivity index (χ0n) is 11.9. The topological polar surface area (TPSA) is 44.8 Å². The Morgan fingerprint density at radius 3 is 2.79 bits per heavy atom. The van der Waals surface area contributed by atoms with Crippen LogP contribution >= 0.6 is 0 Å². The number of ether oxygens (including phenoxy) is 3. The van der Waals surface area contributed by atoms with Gasteiger partial charge in [-0.05, 0) is 44.4 Å². The molecule has 1 aliphatic heterocycles. The minimum atomic E-state index is -0.501. The quantitative estimate of drug-likeness (QED) is 0.787. The molecule has 0 N–H and O–H groups in total. The van der Waals surface area contributed by atoms with E-state index in [2.05, 4.69) is 0 Å². The number of hydrogen-bond donors (Lipinski definition) is 0. The Labute approximate surface area is 113 Å². The average molecular weight is 264 g/mol. The van der Waals surface area contributed by atoms with Crippen molar-refractivity contribution in [2.45, 2.75) is 38.7 Å². The molecule has 0 saturated heterocycles. The third-order valence-corrected chi connectivity index (χ3v) is 3.54. The van der Waals surface area contributed by atoms with Crippen LogP contribution in [0.15, 0.2) is 12.1 Å². The Morgan fingerprint density at radius 1 is 1.42 bits per heavy atom. The van der Waals surface area contributed by atoms with Crippen molar-refractivity contribution >= 4 is 5.97 Å². The molecular formula is C15H20O4. The van der Waals surface area contributed by atoms with Crippen LogP contribution in [0.3, 0.4) is 0 Å². The maximum absolute atomic E-state index is 11.5. The molecular weight excluding hydrogens is 244 g/mol. The van der Waals surface area contributed by atoms with Crippen LogP contribution in [0.4, 0.5) is 0 Å². The molecule has 0 radical (unpaired) electrons. The fraction of sp³-hybridized carbons (Fsp3) is 0.533.